The van der Waals surface area contributed by atoms with Gasteiger partial charge in [-0.15, -0.1) is 0 Å². The molecule has 3 aliphatic heterocycles. The van der Waals surface area contributed by atoms with Crippen molar-refractivity contribution in [1.82, 2.24) is 9.55 Å². The van der Waals surface area contributed by atoms with E-state index in [-0.39, 0.29) is 18.6 Å². The van der Waals surface area contributed by atoms with Gasteiger partial charge in [-0.2, -0.15) is 0 Å². The van der Waals surface area contributed by atoms with E-state index in [2.05, 4.69) is 11.8 Å². The predicted molar refractivity (Wildman–Crippen MR) is 134 cm³/mol. The molecule has 1 atom stereocenters. The van der Waals surface area contributed by atoms with Crippen molar-refractivity contribution >= 4 is 34.6 Å². The number of anilines is 1. The molecule has 0 aliphatic carbocycles. The Balaban J connectivity index is 1.61. The summed E-state index contributed by atoms with van der Waals surface area (Å²) in [6, 6.07) is 5.79. The van der Waals surface area contributed by atoms with Crippen LogP contribution in [-0.2, 0) is 28.3 Å². The highest BCUT2D eigenvalue weighted by Crippen LogP contribution is 2.47. The molecule has 1 aromatic carbocycles. The van der Waals surface area contributed by atoms with Crippen LogP contribution in [0.2, 0.25) is 0 Å². The average molecular weight is 473 g/mol. The van der Waals surface area contributed by atoms with Crippen molar-refractivity contribution < 1.29 is 14.6 Å². The lowest BCUT2D eigenvalue weighted by atomic mass is 9.86. The zero-order valence-electron chi connectivity index (χ0n) is 20.2. The number of pyridine rings is 2. The van der Waals surface area contributed by atoms with Crippen LogP contribution >= 0.6 is 0 Å². The van der Waals surface area contributed by atoms with E-state index < -0.39 is 11.6 Å². The van der Waals surface area contributed by atoms with Gasteiger partial charge in [-0.3, -0.25) is 4.79 Å². The van der Waals surface area contributed by atoms with Gasteiger partial charge in [0.15, 0.2) is 5.60 Å². The van der Waals surface area contributed by atoms with Crippen LogP contribution in [0.4, 0.5) is 11.4 Å². The van der Waals surface area contributed by atoms with Crippen LogP contribution in [0.3, 0.4) is 0 Å². The van der Waals surface area contributed by atoms with Crippen LogP contribution < -0.4 is 10.5 Å². The van der Waals surface area contributed by atoms with Crippen molar-refractivity contribution in [2.45, 2.75) is 65.2 Å². The number of benzene rings is 1. The summed E-state index contributed by atoms with van der Waals surface area (Å²) in [5, 5.41) is 12.2. The Labute approximate surface area is 202 Å². The first kappa shape index (κ1) is 22.0. The molecular weight excluding hydrogens is 444 g/mol. The maximum absolute atomic E-state index is 13.6. The average Bonchev–Trinajstić information content (AvgIpc) is 3.23. The van der Waals surface area contributed by atoms with Gasteiger partial charge in [-0.1, -0.05) is 32.8 Å². The van der Waals surface area contributed by atoms with Gasteiger partial charge in [0.05, 0.1) is 52.1 Å². The van der Waals surface area contributed by atoms with Crippen LogP contribution in [0.1, 0.15) is 61.8 Å². The Bertz CT molecular complexity index is 1510. The van der Waals surface area contributed by atoms with Gasteiger partial charge >= 0.3 is 5.97 Å². The summed E-state index contributed by atoms with van der Waals surface area (Å²) >= 11 is 0. The fraction of sp³-hybridized carbons (Fsp3) is 0.407. The standard InChI is InChI=1S/C27H28N4O4/c1-4-6-7-10-30-14-28-22-15(3)8-9-19-21(22)24(30)16-12-31-20(23(16)29-19)11-18-17(25(31)32)13-35-26(33)27(18,34)5-2/h8-9,11,14,34H,4-7,10,12-13H2,1-3H3. The molecule has 1 unspecified atom stereocenters. The number of aromatic nitrogens is 2. The summed E-state index contributed by atoms with van der Waals surface area (Å²) < 4.78 is 6.90. The fourth-order valence-corrected chi connectivity index (χ4v) is 5.60. The van der Waals surface area contributed by atoms with Crippen molar-refractivity contribution in [2.24, 2.45) is 4.99 Å². The summed E-state index contributed by atoms with van der Waals surface area (Å²) in [7, 11) is 0. The first-order valence-electron chi connectivity index (χ1n) is 12.3. The van der Waals surface area contributed by atoms with E-state index in [0.29, 0.717) is 23.4 Å². The zero-order valence-corrected chi connectivity index (χ0v) is 20.2. The van der Waals surface area contributed by atoms with E-state index >= 15 is 0 Å². The Morgan fingerprint density at radius 1 is 1.17 bits per heavy atom. The topological polar surface area (TPSA) is 97.0 Å². The first-order valence-corrected chi connectivity index (χ1v) is 12.3. The third-order valence-corrected chi connectivity index (χ3v) is 7.62. The molecule has 0 radical (unpaired) electrons. The normalized spacial score (nSPS) is 19.5. The Hall–Kier alpha value is -3.52. The number of aliphatic hydroxyl groups is 1. The quantitative estimate of drug-likeness (QED) is 0.348. The van der Waals surface area contributed by atoms with E-state index in [9.17, 15) is 14.7 Å². The van der Waals surface area contributed by atoms with Crippen LogP contribution in [-0.4, -0.2) is 33.5 Å². The highest BCUT2D eigenvalue weighted by Gasteiger charge is 2.45. The molecule has 0 bridgehead atoms. The number of carbonyl (C=O) groups is 1. The lowest BCUT2D eigenvalue weighted by molar-refractivity contribution is -0.172. The molecule has 6 rings (SSSR count). The van der Waals surface area contributed by atoms with Crippen LogP contribution in [0, 0.1) is 6.92 Å². The Morgan fingerprint density at radius 3 is 2.77 bits per heavy atom. The lowest BCUT2D eigenvalue weighted by Gasteiger charge is -2.31. The summed E-state index contributed by atoms with van der Waals surface area (Å²) in [6.07, 6.45) is 5.30. The summed E-state index contributed by atoms with van der Waals surface area (Å²) in [6.45, 7) is 7.01. The van der Waals surface area contributed by atoms with E-state index in [4.69, 9.17) is 14.7 Å². The van der Waals surface area contributed by atoms with Gasteiger partial charge in [0.25, 0.3) is 5.56 Å². The number of ether oxygens (including phenoxy) is 1. The summed E-state index contributed by atoms with van der Waals surface area (Å²) in [4.78, 5) is 38.0. The van der Waals surface area contributed by atoms with Crippen LogP contribution in [0.25, 0.3) is 22.3 Å². The van der Waals surface area contributed by atoms with Gasteiger partial charge < -0.3 is 19.3 Å². The maximum Gasteiger partial charge on any atom is 0.343 e. The zero-order chi connectivity index (χ0) is 24.5. The largest absolute Gasteiger partial charge is 0.458 e. The molecule has 35 heavy (non-hydrogen) atoms. The second-order valence-electron chi connectivity index (χ2n) is 9.66. The van der Waals surface area contributed by atoms with E-state index in [1.165, 1.54) is 0 Å². The number of unbranched alkanes of at least 4 members (excludes halogenated alkanes) is 2. The predicted octanol–water partition coefficient (Wildman–Crippen LogP) is 4.06. The number of aryl methyl sites for hydroxylation is 1. The molecule has 2 aromatic heterocycles. The minimum atomic E-state index is -1.83. The molecule has 3 aromatic rings. The Kier molecular flexibility index (Phi) is 4.86. The number of hydrogen-bond donors (Lipinski definition) is 1. The fourth-order valence-electron chi connectivity index (χ4n) is 5.60. The lowest BCUT2D eigenvalue weighted by Crippen LogP contribution is -2.44. The number of cyclic esters (lactones) is 1. The number of rotatable bonds is 5. The van der Waals surface area contributed by atoms with Gasteiger partial charge in [-0.25, -0.2) is 14.8 Å². The van der Waals surface area contributed by atoms with Crippen molar-refractivity contribution in [1.29, 1.82) is 0 Å². The number of nitrogens with zero attached hydrogens (tertiary/aromatic N) is 4. The van der Waals surface area contributed by atoms with Crippen molar-refractivity contribution in [3.05, 3.63) is 50.8 Å². The van der Waals surface area contributed by atoms with E-state index in [1.807, 2.05) is 25.4 Å². The smallest absolute Gasteiger partial charge is 0.343 e. The van der Waals surface area contributed by atoms with Gasteiger partial charge in [-0.05, 0) is 37.5 Å². The molecule has 8 nitrogen and oxygen atoms in total. The molecule has 0 fully saturated rings. The number of carbonyl (C=O) groups excluding carboxylic acids is 1. The monoisotopic (exact) mass is 472 g/mol. The Morgan fingerprint density at radius 2 is 2.00 bits per heavy atom. The second-order valence-corrected chi connectivity index (χ2v) is 9.66. The molecule has 0 saturated carbocycles. The minimum Gasteiger partial charge on any atom is -0.458 e. The van der Waals surface area contributed by atoms with Gasteiger partial charge in [0, 0.05) is 17.7 Å². The number of fused-ring (bicyclic) bond motifs is 5. The van der Waals surface area contributed by atoms with Gasteiger partial charge in [0.1, 0.15) is 6.61 Å². The number of hydrogen-bond acceptors (Lipinski definition) is 7. The molecule has 3 aliphatic rings. The summed E-state index contributed by atoms with van der Waals surface area (Å²) in [5.74, 6) is -0.713. The molecule has 0 amide bonds. The molecule has 0 saturated heterocycles. The van der Waals surface area contributed by atoms with E-state index in [1.54, 1.807) is 17.6 Å². The molecule has 5 heterocycles. The minimum absolute atomic E-state index is 0.120. The summed E-state index contributed by atoms with van der Waals surface area (Å²) in [5.41, 5.74) is 4.77. The third kappa shape index (κ3) is 2.95. The number of aliphatic imine (C=N–C) groups is 1. The van der Waals surface area contributed by atoms with Crippen molar-refractivity contribution in [3.63, 3.8) is 0 Å². The molecule has 8 heteroatoms. The highest BCUT2D eigenvalue weighted by atomic mass is 16.6. The third-order valence-electron chi connectivity index (χ3n) is 7.62. The van der Waals surface area contributed by atoms with E-state index in [0.717, 1.165) is 64.9 Å². The highest BCUT2D eigenvalue weighted by molar-refractivity contribution is 6.11. The molecule has 0 spiro atoms. The maximum atomic E-state index is 13.6. The molecule has 180 valence electrons. The SMILES string of the molecule is CCCCCN1C=Nc2c(C)ccc3nc4c(c1c23)Cn1c-4cc2c(c1=O)COC(=O)C2(O)CC. The van der Waals surface area contributed by atoms with Crippen molar-refractivity contribution in [2.75, 3.05) is 11.4 Å². The number of esters is 1. The molecule has 1 N–H and O–H groups in total. The second kappa shape index (κ2) is 7.75. The molecular formula is C27H28N4O4. The van der Waals surface area contributed by atoms with Crippen LogP contribution in [0.5, 0.6) is 0 Å². The van der Waals surface area contributed by atoms with Crippen molar-refractivity contribution in [3.8, 4) is 11.4 Å². The first-order chi connectivity index (χ1) is 16.9. The van der Waals surface area contributed by atoms with Gasteiger partial charge in [0.2, 0.25) is 0 Å². The van der Waals surface area contributed by atoms with Crippen LogP contribution in [0.15, 0.2) is 28.0 Å².